The van der Waals surface area contributed by atoms with Crippen molar-refractivity contribution in [1.29, 1.82) is 0 Å². The van der Waals surface area contributed by atoms with Gasteiger partial charge in [0, 0.05) is 87.7 Å². The summed E-state index contributed by atoms with van der Waals surface area (Å²) < 4.78 is 13.3. The van der Waals surface area contributed by atoms with Gasteiger partial charge in [-0.1, -0.05) is 41.5 Å². The van der Waals surface area contributed by atoms with E-state index in [-0.39, 0.29) is 28.4 Å². The van der Waals surface area contributed by atoms with E-state index in [1.54, 1.807) is 0 Å². The molecule has 0 atom stereocenters. The van der Waals surface area contributed by atoms with Gasteiger partial charge in [0.1, 0.15) is 11.6 Å². The number of carbonyl (C=O) groups excluding carboxylic acids is 3. The van der Waals surface area contributed by atoms with Crippen LogP contribution >= 0.6 is 0 Å². The van der Waals surface area contributed by atoms with Crippen molar-refractivity contribution in [1.82, 2.24) is 9.55 Å². The number of ether oxygens (including phenoxy) is 2. The molecule has 1 aromatic heterocycles. The van der Waals surface area contributed by atoms with E-state index in [4.69, 9.17) is 14.5 Å². The average molecular weight is 704 g/mol. The van der Waals surface area contributed by atoms with Crippen molar-refractivity contribution in [2.45, 2.75) is 112 Å². The van der Waals surface area contributed by atoms with Crippen LogP contribution in [0.5, 0.6) is 0 Å². The molecule has 0 unspecified atom stereocenters. The summed E-state index contributed by atoms with van der Waals surface area (Å²) in [6.07, 6.45) is 6.54. The second kappa shape index (κ2) is 18.1. The minimum absolute atomic E-state index is 0.0123. The maximum atomic E-state index is 12.7. The van der Waals surface area contributed by atoms with Gasteiger partial charge in [-0.05, 0) is 92.3 Å². The van der Waals surface area contributed by atoms with E-state index in [1.165, 1.54) is 13.8 Å². The van der Waals surface area contributed by atoms with Crippen molar-refractivity contribution in [2.24, 2.45) is 17.3 Å². The summed E-state index contributed by atoms with van der Waals surface area (Å²) in [7, 11) is 0. The molecule has 2 aliphatic heterocycles. The Bertz CT molecular complexity index is 1630. The van der Waals surface area contributed by atoms with Crippen LogP contribution in [0, 0.1) is 17.3 Å². The van der Waals surface area contributed by atoms with Gasteiger partial charge in [0.25, 0.3) is 0 Å². The molecule has 2 amide bonds. The Hall–Kier alpha value is -3.76. The molecule has 0 aliphatic carbocycles. The van der Waals surface area contributed by atoms with Gasteiger partial charge < -0.3 is 30.0 Å². The Balaban J connectivity index is 0.000000229. The van der Waals surface area contributed by atoms with Crippen LogP contribution in [0.2, 0.25) is 0 Å². The zero-order valence-corrected chi connectivity index (χ0v) is 32.2. The molecule has 10 heteroatoms. The molecule has 5 rings (SSSR count). The highest BCUT2D eigenvalue weighted by Crippen LogP contribution is 2.33. The molecule has 3 aromatic rings. The lowest BCUT2D eigenvalue weighted by molar-refractivity contribution is -0.126. The molecule has 0 saturated carbocycles. The molecule has 3 N–H and O–H groups in total. The predicted molar refractivity (Wildman–Crippen MR) is 206 cm³/mol. The Morgan fingerprint density at radius 2 is 1.37 bits per heavy atom. The number of benzene rings is 2. The fraction of sp³-hybridized carbons (Fsp3) is 0.610. The highest BCUT2D eigenvalue weighted by Gasteiger charge is 2.28. The topological polar surface area (TPSA) is 124 Å². The maximum Gasteiger partial charge on any atom is 0.221 e. The molecule has 51 heavy (non-hydrogen) atoms. The molecule has 0 spiro atoms. The smallest absolute Gasteiger partial charge is 0.221 e. The van der Waals surface area contributed by atoms with Crippen LogP contribution in [0.15, 0.2) is 36.4 Å². The number of anilines is 3. The maximum absolute atomic E-state index is 12.7. The first-order valence-corrected chi connectivity index (χ1v) is 18.8. The van der Waals surface area contributed by atoms with Crippen LogP contribution in [0.1, 0.15) is 105 Å². The normalized spacial score (nSPS) is 15.9. The molecule has 3 heterocycles. The third kappa shape index (κ3) is 11.4. The summed E-state index contributed by atoms with van der Waals surface area (Å²) in [6, 6.07) is 11.8. The summed E-state index contributed by atoms with van der Waals surface area (Å²) in [5, 5.41) is 9.18. The zero-order valence-electron chi connectivity index (χ0n) is 32.2. The van der Waals surface area contributed by atoms with Crippen molar-refractivity contribution in [3.8, 4) is 0 Å². The van der Waals surface area contributed by atoms with E-state index in [0.29, 0.717) is 18.3 Å². The second-order valence-corrected chi connectivity index (χ2v) is 15.6. The van der Waals surface area contributed by atoms with Gasteiger partial charge in [-0.15, -0.1) is 0 Å². The zero-order chi connectivity index (χ0) is 37.2. The van der Waals surface area contributed by atoms with Gasteiger partial charge >= 0.3 is 0 Å². The number of nitrogens with zero attached hydrogens (tertiary/aromatic N) is 2. The standard InChI is InChI=1S/C21H32N2O3.C20H29N3O2/c1-5-21(3,4)20(25)13-17-12-18(23-15(2)24)6-7-19(17)22-14-16-8-10-26-11-9-16;1-5-20(3,4)19-22-17-12-16(21-14(2)24)6-7-18(17)23(19)13-15-8-10-25-11-9-15/h6-7,12,16,22H,5,8-11,13-14H2,1-4H3,(H,23,24);6-7,12,15H,5,8-11,13H2,1-4H3,(H,21,24). The lowest BCUT2D eigenvalue weighted by Crippen LogP contribution is -2.26. The van der Waals surface area contributed by atoms with E-state index in [1.807, 2.05) is 51.1 Å². The number of hydrogen-bond acceptors (Lipinski definition) is 7. The molecule has 0 bridgehead atoms. The Labute approximate surface area is 304 Å². The molecule has 2 fully saturated rings. The summed E-state index contributed by atoms with van der Waals surface area (Å²) in [6.45, 7) is 21.0. The fourth-order valence-electron chi connectivity index (χ4n) is 6.47. The van der Waals surface area contributed by atoms with Crippen LogP contribution in [0.25, 0.3) is 11.0 Å². The lowest BCUT2D eigenvalue weighted by atomic mass is 9.82. The number of amides is 2. The van der Waals surface area contributed by atoms with Crippen LogP contribution in [0.3, 0.4) is 0 Å². The number of Topliss-reactive ketones (excluding diaryl/α,β-unsaturated/α-hetero) is 1. The summed E-state index contributed by atoms with van der Waals surface area (Å²) in [4.78, 5) is 40.4. The van der Waals surface area contributed by atoms with E-state index >= 15 is 0 Å². The number of fused-ring (bicyclic) bond motifs is 1. The number of aromatic nitrogens is 2. The van der Waals surface area contributed by atoms with Gasteiger partial charge in [-0.3, -0.25) is 14.4 Å². The number of nitrogens with one attached hydrogen (secondary N) is 3. The highest BCUT2D eigenvalue weighted by atomic mass is 16.5. The first-order chi connectivity index (χ1) is 24.2. The van der Waals surface area contributed by atoms with Gasteiger partial charge in [0.2, 0.25) is 11.8 Å². The molecule has 2 aromatic carbocycles. The first-order valence-electron chi connectivity index (χ1n) is 18.8. The van der Waals surface area contributed by atoms with Gasteiger partial charge in [-0.25, -0.2) is 4.98 Å². The molecule has 0 radical (unpaired) electrons. The molecular weight excluding hydrogens is 642 g/mol. The first kappa shape index (κ1) is 40.0. The van der Waals surface area contributed by atoms with Crippen molar-refractivity contribution >= 4 is 45.7 Å². The number of imidazole rings is 1. The SMILES string of the molecule is CCC(C)(C)C(=O)Cc1cc(NC(C)=O)ccc1NCC1CCOCC1.CCC(C)(C)c1nc2cc(NC(C)=O)ccc2n1CC1CCOCC1. The van der Waals surface area contributed by atoms with Gasteiger partial charge in [-0.2, -0.15) is 0 Å². The van der Waals surface area contributed by atoms with Gasteiger partial charge in [0.15, 0.2) is 0 Å². The van der Waals surface area contributed by atoms with E-state index in [2.05, 4.69) is 47.4 Å². The van der Waals surface area contributed by atoms with Crippen LogP contribution < -0.4 is 16.0 Å². The van der Waals surface area contributed by atoms with Gasteiger partial charge in [0.05, 0.1) is 11.0 Å². The molecular formula is C41H61N5O5. The van der Waals surface area contributed by atoms with Crippen LogP contribution in [0.4, 0.5) is 17.1 Å². The number of hydrogen-bond donors (Lipinski definition) is 3. The summed E-state index contributed by atoms with van der Waals surface area (Å²) in [5.74, 6) is 2.40. The largest absolute Gasteiger partial charge is 0.385 e. The van der Waals surface area contributed by atoms with Crippen molar-refractivity contribution < 1.29 is 23.9 Å². The van der Waals surface area contributed by atoms with E-state index in [9.17, 15) is 14.4 Å². The molecule has 2 saturated heterocycles. The number of ketones is 1. The molecule has 280 valence electrons. The fourth-order valence-corrected chi connectivity index (χ4v) is 6.47. The van der Waals surface area contributed by atoms with E-state index < -0.39 is 0 Å². The second-order valence-electron chi connectivity index (χ2n) is 15.6. The van der Waals surface area contributed by atoms with Crippen LogP contribution in [-0.2, 0) is 42.2 Å². The van der Waals surface area contributed by atoms with Crippen molar-refractivity contribution in [2.75, 3.05) is 48.9 Å². The van der Waals surface area contributed by atoms with Crippen molar-refractivity contribution in [3.63, 3.8) is 0 Å². The quantitative estimate of drug-likeness (QED) is 0.164. The minimum atomic E-state index is -0.345. The highest BCUT2D eigenvalue weighted by molar-refractivity contribution is 5.92. The van der Waals surface area contributed by atoms with E-state index in [0.717, 1.165) is 118 Å². The number of carbonyl (C=O) groups is 3. The summed E-state index contributed by atoms with van der Waals surface area (Å²) >= 11 is 0. The molecule has 10 nitrogen and oxygen atoms in total. The monoisotopic (exact) mass is 703 g/mol. The third-order valence-electron chi connectivity index (χ3n) is 10.7. The molecule has 2 aliphatic rings. The minimum Gasteiger partial charge on any atom is -0.385 e. The Morgan fingerprint density at radius 3 is 1.94 bits per heavy atom. The average Bonchev–Trinajstić information content (AvgIpc) is 3.46. The predicted octanol–water partition coefficient (Wildman–Crippen LogP) is 8.14. The lowest BCUT2D eigenvalue weighted by Gasteiger charge is -2.28. The Kier molecular flexibility index (Phi) is 14.2. The van der Waals surface area contributed by atoms with Crippen molar-refractivity contribution in [3.05, 3.63) is 47.8 Å². The Morgan fingerprint density at radius 1 is 0.804 bits per heavy atom. The third-order valence-corrected chi connectivity index (χ3v) is 10.7. The van der Waals surface area contributed by atoms with Crippen LogP contribution in [-0.4, -0.2) is 60.1 Å². The summed E-state index contributed by atoms with van der Waals surface area (Å²) in [5.41, 5.74) is 5.22. The number of rotatable bonds is 13.